The molecule has 2 saturated heterocycles. The first-order valence-corrected chi connectivity index (χ1v) is 12.4. The molecular formula is C26H32N8O2. The molecule has 3 aromatic rings. The van der Waals surface area contributed by atoms with Gasteiger partial charge in [0.2, 0.25) is 0 Å². The molecule has 10 nitrogen and oxygen atoms in total. The highest BCUT2D eigenvalue weighted by Crippen LogP contribution is 2.15. The van der Waals surface area contributed by atoms with Crippen LogP contribution in [0.25, 0.3) is 0 Å². The van der Waals surface area contributed by atoms with E-state index in [0.29, 0.717) is 37.6 Å². The number of rotatable bonds is 6. The van der Waals surface area contributed by atoms with Crippen LogP contribution in [0.3, 0.4) is 0 Å². The molecule has 0 aliphatic carbocycles. The molecule has 5 rings (SSSR count). The van der Waals surface area contributed by atoms with Gasteiger partial charge in [-0.05, 0) is 23.3 Å². The van der Waals surface area contributed by atoms with Crippen molar-refractivity contribution in [2.24, 2.45) is 7.05 Å². The Kier molecular flexibility index (Phi) is 7.33. The fraction of sp³-hybridized carbons (Fsp3) is 0.423. The van der Waals surface area contributed by atoms with Crippen molar-refractivity contribution >= 4 is 11.8 Å². The number of carbonyl (C=O) groups is 2. The monoisotopic (exact) mass is 488 g/mol. The lowest BCUT2D eigenvalue weighted by Crippen LogP contribution is -2.48. The molecule has 2 aliphatic rings. The minimum atomic E-state index is -0.119. The van der Waals surface area contributed by atoms with Gasteiger partial charge in [0.1, 0.15) is 5.69 Å². The van der Waals surface area contributed by atoms with Gasteiger partial charge < -0.3 is 9.80 Å². The average molecular weight is 489 g/mol. The van der Waals surface area contributed by atoms with Crippen LogP contribution in [0.1, 0.15) is 32.1 Å². The highest BCUT2D eigenvalue weighted by atomic mass is 16.2. The third-order valence-corrected chi connectivity index (χ3v) is 6.90. The van der Waals surface area contributed by atoms with Crippen molar-refractivity contribution in [2.75, 3.05) is 52.4 Å². The first kappa shape index (κ1) is 24.1. The molecule has 188 valence electrons. The predicted octanol–water partition coefficient (Wildman–Crippen LogP) is 1.13. The molecule has 0 spiro atoms. The Morgan fingerprint density at radius 2 is 1.25 bits per heavy atom. The Balaban J connectivity index is 1.14. The van der Waals surface area contributed by atoms with Crippen LogP contribution in [0.4, 0.5) is 0 Å². The van der Waals surface area contributed by atoms with E-state index in [1.807, 2.05) is 34.3 Å². The Bertz CT molecular complexity index is 1170. The maximum Gasteiger partial charge on any atom is 0.274 e. The standard InChI is InChI=1S/C26H32N8O2/c1-30-24(26(36)34-14-10-32(11-15-34)20-22-5-3-7-28-18-22)16-23(29-30)25(35)33-12-8-31(9-13-33)19-21-4-2-6-27-17-21/h2-7,16-18H,8-15,19-20H2,1H3. The predicted molar refractivity (Wildman–Crippen MR) is 134 cm³/mol. The van der Waals surface area contributed by atoms with Gasteiger partial charge in [0.25, 0.3) is 11.8 Å². The fourth-order valence-electron chi connectivity index (χ4n) is 4.81. The largest absolute Gasteiger partial charge is 0.335 e. The number of pyridine rings is 2. The van der Waals surface area contributed by atoms with Crippen LogP contribution in [0, 0.1) is 0 Å². The summed E-state index contributed by atoms with van der Waals surface area (Å²) < 4.78 is 1.54. The van der Waals surface area contributed by atoms with Gasteiger partial charge in [-0.15, -0.1) is 0 Å². The molecule has 0 N–H and O–H groups in total. The fourth-order valence-corrected chi connectivity index (χ4v) is 4.81. The van der Waals surface area contributed by atoms with E-state index >= 15 is 0 Å². The SMILES string of the molecule is Cn1nc(C(=O)N2CCN(Cc3cccnc3)CC2)cc1C(=O)N1CCN(Cc2cccnc2)CC1. The quantitative estimate of drug-likeness (QED) is 0.514. The van der Waals surface area contributed by atoms with E-state index in [2.05, 4.69) is 37.0 Å². The van der Waals surface area contributed by atoms with Crippen molar-refractivity contribution in [3.05, 3.63) is 77.6 Å². The van der Waals surface area contributed by atoms with Crippen LogP contribution >= 0.6 is 0 Å². The summed E-state index contributed by atoms with van der Waals surface area (Å²) >= 11 is 0. The van der Waals surface area contributed by atoms with E-state index in [0.717, 1.165) is 39.3 Å². The van der Waals surface area contributed by atoms with Gasteiger partial charge in [0.05, 0.1) is 0 Å². The van der Waals surface area contributed by atoms with Crippen molar-refractivity contribution in [1.82, 2.24) is 39.3 Å². The molecule has 2 fully saturated rings. The smallest absolute Gasteiger partial charge is 0.274 e. The second kappa shape index (κ2) is 11.0. The van der Waals surface area contributed by atoms with E-state index in [-0.39, 0.29) is 11.8 Å². The number of nitrogens with zero attached hydrogens (tertiary/aromatic N) is 8. The zero-order valence-electron chi connectivity index (χ0n) is 20.7. The molecule has 36 heavy (non-hydrogen) atoms. The summed E-state index contributed by atoms with van der Waals surface area (Å²) in [5, 5.41) is 4.40. The third kappa shape index (κ3) is 5.60. The highest BCUT2D eigenvalue weighted by molar-refractivity contribution is 5.98. The van der Waals surface area contributed by atoms with E-state index in [4.69, 9.17) is 0 Å². The lowest BCUT2D eigenvalue weighted by atomic mass is 10.2. The maximum atomic E-state index is 13.2. The molecule has 0 atom stereocenters. The lowest BCUT2D eigenvalue weighted by molar-refractivity contribution is 0.0614. The van der Waals surface area contributed by atoms with Crippen molar-refractivity contribution < 1.29 is 9.59 Å². The average Bonchev–Trinajstić information content (AvgIpc) is 3.31. The second-order valence-corrected chi connectivity index (χ2v) is 9.40. The van der Waals surface area contributed by atoms with Crippen LogP contribution in [0.2, 0.25) is 0 Å². The molecule has 5 heterocycles. The second-order valence-electron chi connectivity index (χ2n) is 9.40. The first-order valence-electron chi connectivity index (χ1n) is 12.4. The summed E-state index contributed by atoms with van der Waals surface area (Å²) in [5.41, 5.74) is 3.12. The molecule has 0 saturated carbocycles. The van der Waals surface area contributed by atoms with Gasteiger partial charge in [0, 0.05) is 103 Å². The van der Waals surface area contributed by atoms with Gasteiger partial charge in [-0.25, -0.2) is 0 Å². The topological polar surface area (TPSA) is 90.7 Å². The van der Waals surface area contributed by atoms with Crippen LogP contribution in [-0.4, -0.2) is 104 Å². The third-order valence-electron chi connectivity index (χ3n) is 6.90. The molecule has 0 radical (unpaired) electrons. The van der Waals surface area contributed by atoms with E-state index in [1.165, 1.54) is 15.8 Å². The van der Waals surface area contributed by atoms with E-state index < -0.39 is 0 Å². The summed E-state index contributed by atoms with van der Waals surface area (Å²) in [6.07, 6.45) is 7.31. The summed E-state index contributed by atoms with van der Waals surface area (Å²) in [6.45, 7) is 7.41. The summed E-state index contributed by atoms with van der Waals surface area (Å²) in [4.78, 5) is 43.0. The summed E-state index contributed by atoms with van der Waals surface area (Å²) in [5.74, 6) is -0.196. The molecule has 2 amide bonds. The Morgan fingerprint density at radius 1 is 0.750 bits per heavy atom. The van der Waals surface area contributed by atoms with Crippen LogP contribution in [-0.2, 0) is 20.1 Å². The van der Waals surface area contributed by atoms with Crippen molar-refractivity contribution in [3.63, 3.8) is 0 Å². The van der Waals surface area contributed by atoms with Crippen LogP contribution in [0.5, 0.6) is 0 Å². The van der Waals surface area contributed by atoms with Gasteiger partial charge in [-0.3, -0.25) is 34.0 Å². The molecule has 0 bridgehead atoms. The Morgan fingerprint density at radius 3 is 1.72 bits per heavy atom. The lowest BCUT2D eigenvalue weighted by Gasteiger charge is -2.34. The zero-order valence-corrected chi connectivity index (χ0v) is 20.7. The molecule has 3 aromatic heterocycles. The zero-order chi connectivity index (χ0) is 24.9. The van der Waals surface area contributed by atoms with E-state index in [9.17, 15) is 9.59 Å². The highest BCUT2D eigenvalue weighted by Gasteiger charge is 2.28. The van der Waals surface area contributed by atoms with Crippen LogP contribution < -0.4 is 0 Å². The van der Waals surface area contributed by atoms with Gasteiger partial charge >= 0.3 is 0 Å². The number of aryl methyl sites for hydroxylation is 1. The first-order chi connectivity index (χ1) is 17.6. The Labute approximate surface area is 211 Å². The van der Waals surface area contributed by atoms with Gasteiger partial charge in [-0.1, -0.05) is 12.1 Å². The number of piperazine rings is 2. The Hall–Kier alpha value is -3.63. The van der Waals surface area contributed by atoms with Crippen LogP contribution in [0.15, 0.2) is 55.1 Å². The maximum absolute atomic E-state index is 13.2. The molecular weight excluding hydrogens is 456 g/mol. The van der Waals surface area contributed by atoms with E-state index in [1.54, 1.807) is 25.5 Å². The summed E-state index contributed by atoms with van der Waals surface area (Å²) in [7, 11) is 1.73. The normalized spacial score (nSPS) is 17.4. The molecule has 0 unspecified atom stereocenters. The minimum Gasteiger partial charge on any atom is -0.335 e. The van der Waals surface area contributed by atoms with Gasteiger partial charge in [-0.2, -0.15) is 5.10 Å². The van der Waals surface area contributed by atoms with Crippen molar-refractivity contribution in [3.8, 4) is 0 Å². The molecule has 10 heteroatoms. The number of hydrogen-bond acceptors (Lipinski definition) is 7. The molecule has 0 aromatic carbocycles. The number of aromatic nitrogens is 4. The number of carbonyl (C=O) groups excluding carboxylic acids is 2. The van der Waals surface area contributed by atoms with Crippen molar-refractivity contribution in [2.45, 2.75) is 13.1 Å². The summed E-state index contributed by atoms with van der Waals surface area (Å²) in [6, 6.07) is 9.67. The minimum absolute atomic E-state index is 0.0774. The van der Waals surface area contributed by atoms with Crippen molar-refractivity contribution in [1.29, 1.82) is 0 Å². The number of amides is 2. The number of hydrogen-bond donors (Lipinski definition) is 0. The molecule has 2 aliphatic heterocycles. The van der Waals surface area contributed by atoms with Gasteiger partial charge in [0.15, 0.2) is 5.69 Å².